The first-order valence-electron chi connectivity index (χ1n) is 8.23. The van der Waals surface area contributed by atoms with Gasteiger partial charge in [0.25, 0.3) is 0 Å². The minimum atomic E-state index is -0.453. The number of nitrogens with zero attached hydrogens (tertiary/aromatic N) is 1. The van der Waals surface area contributed by atoms with Crippen LogP contribution in [0.25, 0.3) is 21.8 Å². The number of aromatic nitrogens is 1. The molecule has 3 nitrogen and oxygen atoms in total. The second kappa shape index (κ2) is 6.36. The van der Waals surface area contributed by atoms with Gasteiger partial charge < -0.3 is 4.74 Å². The number of benzene rings is 3. The van der Waals surface area contributed by atoms with Gasteiger partial charge in [0.05, 0.1) is 11.0 Å². The number of fused-ring (bicyclic) bond motifs is 2. The van der Waals surface area contributed by atoms with E-state index in [0.717, 1.165) is 32.9 Å². The Morgan fingerprint density at radius 2 is 1.60 bits per heavy atom. The van der Waals surface area contributed by atoms with Crippen molar-refractivity contribution in [2.45, 2.75) is 13.0 Å². The molecule has 0 bridgehead atoms. The van der Waals surface area contributed by atoms with E-state index >= 15 is 0 Å². The quantitative estimate of drug-likeness (QED) is 0.391. The van der Waals surface area contributed by atoms with Gasteiger partial charge in [-0.25, -0.2) is 4.98 Å². The lowest BCUT2D eigenvalue weighted by Gasteiger charge is -2.20. The zero-order chi connectivity index (χ0) is 17.2. The third-order valence-electron chi connectivity index (χ3n) is 4.26. The zero-order valence-electron chi connectivity index (χ0n) is 13.8. The molecule has 0 radical (unpaired) electrons. The predicted molar refractivity (Wildman–Crippen MR) is 99.3 cm³/mol. The van der Waals surface area contributed by atoms with Gasteiger partial charge in [-0.2, -0.15) is 0 Å². The van der Waals surface area contributed by atoms with Crippen molar-refractivity contribution in [3.8, 4) is 0 Å². The molecule has 0 fully saturated rings. The number of hydrogen-bond acceptors (Lipinski definition) is 3. The van der Waals surface area contributed by atoms with Crippen LogP contribution in [0.3, 0.4) is 0 Å². The fourth-order valence-corrected chi connectivity index (χ4v) is 3.16. The van der Waals surface area contributed by atoms with E-state index in [4.69, 9.17) is 9.72 Å². The molecule has 0 aliphatic rings. The molecule has 0 N–H and O–H groups in total. The maximum Gasteiger partial charge on any atom is 0.303 e. The van der Waals surface area contributed by atoms with Crippen molar-refractivity contribution in [1.82, 2.24) is 4.98 Å². The van der Waals surface area contributed by atoms with Gasteiger partial charge in [-0.1, -0.05) is 60.7 Å². The van der Waals surface area contributed by atoms with Crippen molar-refractivity contribution >= 4 is 27.8 Å². The molecule has 3 heteroatoms. The Balaban J connectivity index is 1.96. The average molecular weight is 327 g/mol. The molecule has 0 saturated heterocycles. The summed E-state index contributed by atoms with van der Waals surface area (Å²) in [6.07, 6.45) is -0.453. The van der Waals surface area contributed by atoms with Gasteiger partial charge in [-0.3, -0.25) is 4.79 Å². The van der Waals surface area contributed by atoms with Crippen molar-refractivity contribution in [2.24, 2.45) is 0 Å². The fourth-order valence-electron chi connectivity index (χ4n) is 3.16. The lowest BCUT2D eigenvalue weighted by atomic mass is 9.96. The summed E-state index contributed by atoms with van der Waals surface area (Å²) in [5.74, 6) is -0.306. The molecule has 1 unspecified atom stereocenters. The van der Waals surface area contributed by atoms with E-state index in [1.165, 1.54) is 6.92 Å². The van der Waals surface area contributed by atoms with Crippen LogP contribution >= 0.6 is 0 Å². The van der Waals surface area contributed by atoms with Gasteiger partial charge in [0, 0.05) is 23.3 Å². The number of ether oxygens (including phenoxy) is 1. The van der Waals surface area contributed by atoms with E-state index in [-0.39, 0.29) is 5.97 Å². The molecule has 1 atom stereocenters. The molecule has 1 aromatic heterocycles. The molecular weight excluding hydrogens is 310 g/mol. The molecule has 0 amide bonds. The number of para-hydroxylation sites is 1. The average Bonchev–Trinajstić information content (AvgIpc) is 2.64. The second-order valence-corrected chi connectivity index (χ2v) is 6.00. The van der Waals surface area contributed by atoms with Gasteiger partial charge in [-0.05, 0) is 23.8 Å². The highest BCUT2D eigenvalue weighted by molar-refractivity contribution is 5.94. The van der Waals surface area contributed by atoms with Gasteiger partial charge in [0.1, 0.15) is 0 Å². The maximum absolute atomic E-state index is 11.7. The molecule has 4 rings (SSSR count). The monoisotopic (exact) mass is 327 g/mol. The van der Waals surface area contributed by atoms with Crippen LogP contribution in [0.5, 0.6) is 0 Å². The van der Waals surface area contributed by atoms with Crippen molar-refractivity contribution in [3.05, 3.63) is 90.0 Å². The summed E-state index contributed by atoms with van der Waals surface area (Å²) >= 11 is 0. The van der Waals surface area contributed by atoms with Gasteiger partial charge in [-0.15, -0.1) is 0 Å². The van der Waals surface area contributed by atoms with E-state index in [0.29, 0.717) is 0 Å². The Kier molecular flexibility index (Phi) is 3.90. The largest absolute Gasteiger partial charge is 0.453 e. The highest BCUT2D eigenvalue weighted by Gasteiger charge is 2.20. The van der Waals surface area contributed by atoms with Crippen molar-refractivity contribution in [1.29, 1.82) is 0 Å². The van der Waals surface area contributed by atoms with E-state index in [1.807, 2.05) is 72.8 Å². The van der Waals surface area contributed by atoms with Gasteiger partial charge in [0.2, 0.25) is 0 Å². The van der Waals surface area contributed by atoms with E-state index in [2.05, 4.69) is 6.07 Å². The van der Waals surface area contributed by atoms with Gasteiger partial charge >= 0.3 is 5.97 Å². The molecule has 0 aliphatic heterocycles. The van der Waals surface area contributed by atoms with Crippen molar-refractivity contribution in [2.75, 3.05) is 0 Å². The Morgan fingerprint density at radius 1 is 0.880 bits per heavy atom. The third-order valence-corrected chi connectivity index (χ3v) is 4.26. The first-order chi connectivity index (χ1) is 12.2. The van der Waals surface area contributed by atoms with Crippen LogP contribution in [0.2, 0.25) is 0 Å². The molecule has 4 aromatic rings. The number of pyridine rings is 1. The molecule has 1 heterocycles. The lowest BCUT2D eigenvalue weighted by Crippen LogP contribution is -2.10. The van der Waals surface area contributed by atoms with Crippen LogP contribution in [0, 0.1) is 0 Å². The summed E-state index contributed by atoms with van der Waals surface area (Å²) < 4.78 is 5.68. The minimum Gasteiger partial charge on any atom is -0.453 e. The van der Waals surface area contributed by atoms with Crippen LogP contribution in [-0.2, 0) is 9.53 Å². The Morgan fingerprint density at radius 3 is 2.40 bits per heavy atom. The van der Waals surface area contributed by atoms with Crippen LogP contribution in [0.15, 0.2) is 78.9 Å². The molecule has 0 saturated carbocycles. The molecule has 3 aromatic carbocycles. The number of hydrogen-bond donors (Lipinski definition) is 0. The smallest absolute Gasteiger partial charge is 0.303 e. The Hall–Kier alpha value is -3.20. The summed E-state index contributed by atoms with van der Waals surface area (Å²) in [5, 5.41) is 2.06. The van der Waals surface area contributed by atoms with Crippen LogP contribution in [0.4, 0.5) is 0 Å². The molecule has 25 heavy (non-hydrogen) atoms. The summed E-state index contributed by atoms with van der Waals surface area (Å²) in [6.45, 7) is 1.44. The summed E-state index contributed by atoms with van der Waals surface area (Å²) in [4.78, 5) is 16.5. The van der Waals surface area contributed by atoms with Crippen LogP contribution in [-0.4, -0.2) is 11.0 Å². The zero-order valence-corrected chi connectivity index (χ0v) is 13.8. The topological polar surface area (TPSA) is 39.2 Å². The standard InChI is InChI=1S/C22H17NO2/c1-15(24)25-22(16-8-3-2-4-9-16)18-11-7-13-21-19(18)14-17-10-5-6-12-20(17)23-21/h2-14,22H,1H3. The molecule has 0 spiro atoms. The Bertz CT molecular complexity index is 1060. The second-order valence-electron chi connectivity index (χ2n) is 6.00. The van der Waals surface area contributed by atoms with Gasteiger partial charge in [0.15, 0.2) is 6.10 Å². The number of carbonyl (C=O) groups excluding carboxylic acids is 1. The normalized spacial score (nSPS) is 12.2. The molecule has 122 valence electrons. The van der Waals surface area contributed by atoms with Crippen molar-refractivity contribution in [3.63, 3.8) is 0 Å². The summed E-state index contributed by atoms with van der Waals surface area (Å²) in [6, 6.07) is 25.9. The lowest BCUT2D eigenvalue weighted by molar-refractivity contribution is -0.144. The number of rotatable bonds is 3. The fraction of sp³-hybridized carbons (Fsp3) is 0.0909. The van der Waals surface area contributed by atoms with Crippen LogP contribution < -0.4 is 0 Å². The highest BCUT2D eigenvalue weighted by Crippen LogP contribution is 2.32. The van der Waals surface area contributed by atoms with E-state index in [9.17, 15) is 4.79 Å². The minimum absolute atomic E-state index is 0.306. The predicted octanol–water partition coefficient (Wildman–Crippen LogP) is 5.04. The van der Waals surface area contributed by atoms with E-state index in [1.54, 1.807) is 0 Å². The number of esters is 1. The summed E-state index contributed by atoms with van der Waals surface area (Å²) in [7, 11) is 0. The first-order valence-corrected chi connectivity index (χ1v) is 8.23. The Labute approximate surface area is 145 Å². The van der Waals surface area contributed by atoms with Crippen molar-refractivity contribution < 1.29 is 9.53 Å². The third kappa shape index (κ3) is 2.96. The maximum atomic E-state index is 11.7. The molecular formula is C22H17NO2. The summed E-state index contributed by atoms with van der Waals surface area (Å²) in [5.41, 5.74) is 3.73. The SMILES string of the molecule is CC(=O)OC(c1ccccc1)c1cccc2nc3ccccc3cc12. The molecule has 0 aliphatic carbocycles. The van der Waals surface area contributed by atoms with Crippen LogP contribution in [0.1, 0.15) is 24.2 Å². The number of carbonyl (C=O) groups is 1. The highest BCUT2D eigenvalue weighted by atomic mass is 16.5. The first kappa shape index (κ1) is 15.3. The van der Waals surface area contributed by atoms with E-state index < -0.39 is 6.10 Å².